The van der Waals surface area contributed by atoms with Crippen molar-refractivity contribution in [3.63, 3.8) is 0 Å². The van der Waals surface area contributed by atoms with Crippen LogP contribution in [-0.4, -0.2) is 6.61 Å². The SMILES string of the molecule is C=CC#Cc1ccc(OCCC)cc1Cl. The highest BCUT2D eigenvalue weighted by atomic mass is 35.5. The van der Waals surface area contributed by atoms with E-state index in [1.54, 1.807) is 6.07 Å². The predicted molar refractivity (Wildman–Crippen MR) is 64.3 cm³/mol. The minimum atomic E-state index is 0.609. The fourth-order valence-electron chi connectivity index (χ4n) is 1.04. The fraction of sp³-hybridized carbons (Fsp3) is 0.231. The van der Waals surface area contributed by atoms with Gasteiger partial charge in [-0.3, -0.25) is 0 Å². The van der Waals surface area contributed by atoms with Crippen molar-refractivity contribution in [2.45, 2.75) is 13.3 Å². The topological polar surface area (TPSA) is 9.23 Å². The van der Waals surface area contributed by atoms with Gasteiger partial charge in [-0.25, -0.2) is 0 Å². The van der Waals surface area contributed by atoms with Crippen LogP contribution in [0.15, 0.2) is 30.9 Å². The quantitative estimate of drug-likeness (QED) is 0.707. The van der Waals surface area contributed by atoms with Gasteiger partial charge in [0.25, 0.3) is 0 Å². The molecule has 0 unspecified atom stereocenters. The van der Waals surface area contributed by atoms with Crippen LogP contribution in [0, 0.1) is 11.8 Å². The lowest BCUT2D eigenvalue weighted by molar-refractivity contribution is 0.317. The summed E-state index contributed by atoms with van der Waals surface area (Å²) in [4.78, 5) is 0. The molecule has 0 saturated heterocycles. The molecule has 1 nitrogen and oxygen atoms in total. The maximum atomic E-state index is 6.03. The number of allylic oxidation sites excluding steroid dienone is 1. The third-order valence-corrected chi connectivity index (χ3v) is 2.04. The Labute approximate surface area is 95.7 Å². The maximum Gasteiger partial charge on any atom is 0.120 e. The first-order chi connectivity index (χ1) is 7.27. The Bertz CT molecular complexity index is 399. The van der Waals surface area contributed by atoms with Crippen molar-refractivity contribution in [2.24, 2.45) is 0 Å². The molecule has 1 aromatic carbocycles. The van der Waals surface area contributed by atoms with Crippen molar-refractivity contribution in [2.75, 3.05) is 6.61 Å². The van der Waals surface area contributed by atoms with Gasteiger partial charge in [0.05, 0.1) is 11.6 Å². The third-order valence-electron chi connectivity index (χ3n) is 1.72. The summed E-state index contributed by atoms with van der Waals surface area (Å²) in [5.74, 6) is 6.43. The molecule has 0 radical (unpaired) electrons. The van der Waals surface area contributed by atoms with E-state index in [1.807, 2.05) is 12.1 Å². The van der Waals surface area contributed by atoms with Crippen molar-refractivity contribution >= 4 is 11.6 Å². The summed E-state index contributed by atoms with van der Waals surface area (Å²) < 4.78 is 5.44. The second kappa shape index (κ2) is 6.16. The van der Waals surface area contributed by atoms with E-state index in [-0.39, 0.29) is 0 Å². The van der Waals surface area contributed by atoms with Crippen molar-refractivity contribution in [1.82, 2.24) is 0 Å². The molecule has 0 aliphatic heterocycles. The van der Waals surface area contributed by atoms with E-state index in [9.17, 15) is 0 Å². The molecule has 1 rings (SSSR count). The van der Waals surface area contributed by atoms with Crippen LogP contribution in [-0.2, 0) is 0 Å². The standard InChI is InChI=1S/C13H13ClO/c1-3-5-6-11-7-8-12(10-13(11)14)15-9-4-2/h3,7-8,10H,1,4,9H2,2H3. The van der Waals surface area contributed by atoms with E-state index in [4.69, 9.17) is 16.3 Å². The molecule has 0 atom stereocenters. The Kier molecular flexibility index (Phi) is 4.80. The highest BCUT2D eigenvalue weighted by Crippen LogP contribution is 2.21. The normalized spacial score (nSPS) is 8.93. The summed E-state index contributed by atoms with van der Waals surface area (Å²) >= 11 is 6.03. The molecule has 0 spiro atoms. The van der Waals surface area contributed by atoms with E-state index >= 15 is 0 Å². The van der Waals surface area contributed by atoms with E-state index in [0.717, 1.165) is 17.7 Å². The van der Waals surface area contributed by atoms with Gasteiger partial charge in [-0.2, -0.15) is 0 Å². The molecule has 0 bridgehead atoms. The Balaban J connectivity index is 2.83. The van der Waals surface area contributed by atoms with Crippen molar-refractivity contribution < 1.29 is 4.74 Å². The first kappa shape index (κ1) is 11.7. The van der Waals surface area contributed by atoms with Gasteiger partial charge in [-0.1, -0.05) is 36.9 Å². The predicted octanol–water partition coefficient (Wildman–Crippen LogP) is 3.67. The molecule has 0 N–H and O–H groups in total. The number of benzene rings is 1. The first-order valence-electron chi connectivity index (χ1n) is 4.82. The van der Waals surface area contributed by atoms with Gasteiger partial charge in [0.2, 0.25) is 0 Å². The minimum absolute atomic E-state index is 0.609. The molecule has 2 heteroatoms. The molecular weight excluding hydrogens is 208 g/mol. The van der Waals surface area contributed by atoms with Gasteiger partial charge in [0.1, 0.15) is 5.75 Å². The summed E-state index contributed by atoms with van der Waals surface area (Å²) in [6.07, 6.45) is 2.52. The Hall–Kier alpha value is -1.39. The van der Waals surface area contributed by atoms with Crippen LogP contribution in [0.2, 0.25) is 5.02 Å². The number of hydrogen-bond donors (Lipinski definition) is 0. The maximum absolute atomic E-state index is 6.03. The number of halogens is 1. The van der Waals surface area contributed by atoms with Gasteiger partial charge in [-0.05, 0) is 24.6 Å². The zero-order valence-electron chi connectivity index (χ0n) is 8.72. The average Bonchev–Trinajstić information content (AvgIpc) is 2.25. The molecule has 0 amide bonds. The Morgan fingerprint density at radius 2 is 2.33 bits per heavy atom. The number of hydrogen-bond acceptors (Lipinski definition) is 1. The molecule has 1 aromatic rings. The highest BCUT2D eigenvalue weighted by molar-refractivity contribution is 6.31. The van der Waals surface area contributed by atoms with E-state index in [2.05, 4.69) is 25.3 Å². The lowest BCUT2D eigenvalue weighted by Gasteiger charge is -2.05. The fourth-order valence-corrected chi connectivity index (χ4v) is 1.25. The zero-order valence-corrected chi connectivity index (χ0v) is 9.47. The molecule has 78 valence electrons. The van der Waals surface area contributed by atoms with Crippen LogP contribution in [0.4, 0.5) is 0 Å². The summed E-state index contributed by atoms with van der Waals surface area (Å²) in [6.45, 7) is 6.29. The number of rotatable bonds is 3. The minimum Gasteiger partial charge on any atom is -0.494 e. The summed E-state index contributed by atoms with van der Waals surface area (Å²) in [6, 6.07) is 5.50. The second-order valence-electron chi connectivity index (χ2n) is 2.96. The van der Waals surface area contributed by atoms with Crippen LogP contribution >= 0.6 is 11.6 Å². The van der Waals surface area contributed by atoms with E-state index in [1.165, 1.54) is 6.08 Å². The van der Waals surface area contributed by atoms with Gasteiger partial charge >= 0.3 is 0 Å². The smallest absolute Gasteiger partial charge is 0.120 e. The Morgan fingerprint density at radius 1 is 1.53 bits per heavy atom. The van der Waals surface area contributed by atoms with Gasteiger partial charge in [0.15, 0.2) is 0 Å². The lowest BCUT2D eigenvalue weighted by atomic mass is 10.2. The van der Waals surface area contributed by atoms with Crippen LogP contribution in [0.3, 0.4) is 0 Å². The van der Waals surface area contributed by atoms with E-state index in [0.29, 0.717) is 11.6 Å². The van der Waals surface area contributed by atoms with Crippen LogP contribution in [0.5, 0.6) is 5.75 Å². The van der Waals surface area contributed by atoms with Gasteiger partial charge in [-0.15, -0.1) is 0 Å². The molecular formula is C13H13ClO. The highest BCUT2D eigenvalue weighted by Gasteiger charge is 1.99. The summed E-state index contributed by atoms with van der Waals surface area (Å²) in [5, 5.41) is 0.609. The first-order valence-corrected chi connectivity index (χ1v) is 5.20. The molecule has 0 saturated carbocycles. The zero-order chi connectivity index (χ0) is 11.1. The molecule has 0 aliphatic rings. The number of ether oxygens (including phenoxy) is 1. The van der Waals surface area contributed by atoms with Crippen LogP contribution < -0.4 is 4.74 Å². The molecule has 0 aromatic heterocycles. The average molecular weight is 221 g/mol. The largest absolute Gasteiger partial charge is 0.494 e. The van der Waals surface area contributed by atoms with Crippen molar-refractivity contribution in [3.8, 4) is 17.6 Å². The summed E-state index contributed by atoms with van der Waals surface area (Å²) in [7, 11) is 0. The van der Waals surface area contributed by atoms with Gasteiger partial charge in [0, 0.05) is 11.6 Å². The lowest BCUT2D eigenvalue weighted by Crippen LogP contribution is -1.94. The van der Waals surface area contributed by atoms with Crippen molar-refractivity contribution in [3.05, 3.63) is 41.4 Å². The van der Waals surface area contributed by atoms with E-state index < -0.39 is 0 Å². The van der Waals surface area contributed by atoms with Crippen LogP contribution in [0.25, 0.3) is 0 Å². The summed E-state index contributed by atoms with van der Waals surface area (Å²) in [5.41, 5.74) is 0.792. The molecule has 15 heavy (non-hydrogen) atoms. The van der Waals surface area contributed by atoms with Gasteiger partial charge < -0.3 is 4.74 Å². The second-order valence-corrected chi connectivity index (χ2v) is 3.37. The Morgan fingerprint density at radius 3 is 2.93 bits per heavy atom. The third kappa shape index (κ3) is 3.69. The monoisotopic (exact) mass is 220 g/mol. The van der Waals surface area contributed by atoms with Crippen molar-refractivity contribution in [1.29, 1.82) is 0 Å². The molecule has 0 fully saturated rings. The molecule has 0 aliphatic carbocycles. The molecule has 0 heterocycles. The van der Waals surface area contributed by atoms with Crippen LogP contribution in [0.1, 0.15) is 18.9 Å².